The molecule has 0 saturated carbocycles. The number of hydrogen-bond acceptors (Lipinski definition) is 3. The summed E-state index contributed by atoms with van der Waals surface area (Å²) in [4.78, 5) is 3.65. The minimum atomic E-state index is -4.86. The van der Waals surface area contributed by atoms with E-state index < -0.39 is 17.9 Å². The Labute approximate surface area is 101 Å². The summed E-state index contributed by atoms with van der Waals surface area (Å²) in [5.41, 5.74) is 0.217. The molecule has 84 valence electrons. The number of hydrogen-bond donors (Lipinski definition) is 1. The van der Waals surface area contributed by atoms with Gasteiger partial charge in [0.2, 0.25) is 0 Å². The molecule has 1 aromatic rings. The first-order chi connectivity index (χ1) is 6.85. The third kappa shape index (κ3) is 3.26. The summed E-state index contributed by atoms with van der Waals surface area (Å²) in [6.07, 6.45) is -4.00. The number of alkyl halides is 4. The van der Waals surface area contributed by atoms with Gasteiger partial charge in [0.1, 0.15) is 0 Å². The zero-order valence-electron chi connectivity index (χ0n) is 6.98. The highest BCUT2D eigenvalue weighted by Crippen LogP contribution is 2.36. The highest BCUT2D eigenvalue weighted by molar-refractivity contribution is 14.1. The van der Waals surface area contributed by atoms with Crippen LogP contribution in [0.15, 0.2) is 6.20 Å². The Morgan fingerprint density at radius 3 is 2.60 bits per heavy atom. The predicted octanol–water partition coefficient (Wildman–Crippen LogP) is 3.03. The van der Waals surface area contributed by atoms with E-state index in [2.05, 4.69) is 9.72 Å². The van der Waals surface area contributed by atoms with Crippen molar-refractivity contribution < 1.29 is 23.0 Å². The van der Waals surface area contributed by atoms with Crippen molar-refractivity contribution in [2.45, 2.75) is 12.2 Å². The Kier molecular flexibility index (Phi) is 3.87. The maximum atomic E-state index is 11.9. The molecule has 3 nitrogen and oxygen atoms in total. The van der Waals surface area contributed by atoms with Crippen molar-refractivity contribution in [1.82, 2.24) is 4.98 Å². The fourth-order valence-corrected chi connectivity index (χ4v) is 1.95. The second kappa shape index (κ2) is 4.60. The molecular weight excluding hydrogens is 349 g/mol. The number of aromatic hydroxyl groups is 1. The van der Waals surface area contributed by atoms with Crippen molar-refractivity contribution in [2.24, 2.45) is 0 Å². The first-order valence-electron chi connectivity index (χ1n) is 3.53. The van der Waals surface area contributed by atoms with Crippen molar-refractivity contribution in [1.29, 1.82) is 0 Å². The van der Waals surface area contributed by atoms with Crippen molar-refractivity contribution >= 4 is 34.2 Å². The Bertz CT molecular complexity index is 372. The van der Waals surface area contributed by atoms with Crippen LogP contribution in [0.5, 0.6) is 11.5 Å². The Balaban J connectivity index is 3.15. The van der Waals surface area contributed by atoms with Crippen molar-refractivity contribution in [3.8, 4) is 11.5 Å². The average molecular weight is 353 g/mol. The quantitative estimate of drug-likeness (QED) is 0.656. The molecule has 15 heavy (non-hydrogen) atoms. The van der Waals surface area contributed by atoms with Crippen LogP contribution >= 0.6 is 34.2 Å². The van der Waals surface area contributed by atoms with E-state index in [1.54, 1.807) is 22.6 Å². The van der Waals surface area contributed by atoms with Crippen LogP contribution < -0.4 is 4.74 Å². The molecule has 0 atom stereocenters. The number of halogens is 5. The second-order valence-electron chi connectivity index (χ2n) is 2.41. The lowest BCUT2D eigenvalue weighted by Crippen LogP contribution is -2.18. The molecule has 0 bridgehead atoms. The molecule has 1 aromatic heterocycles. The lowest BCUT2D eigenvalue weighted by atomic mass is 10.3. The van der Waals surface area contributed by atoms with Gasteiger partial charge >= 0.3 is 6.36 Å². The standard InChI is InChI=1S/C7H4ClF3INO2/c8-1-3-5(12)6(4(14)2-13-3)15-7(9,10)11/h2,14H,1H2. The molecule has 0 fully saturated rings. The van der Waals surface area contributed by atoms with Crippen molar-refractivity contribution in [3.05, 3.63) is 15.5 Å². The monoisotopic (exact) mass is 353 g/mol. The summed E-state index contributed by atoms with van der Waals surface area (Å²) >= 11 is 7.02. The van der Waals surface area contributed by atoms with E-state index >= 15 is 0 Å². The highest BCUT2D eigenvalue weighted by Gasteiger charge is 2.34. The van der Waals surface area contributed by atoms with Gasteiger partial charge in [-0.25, -0.2) is 0 Å². The predicted molar refractivity (Wildman–Crippen MR) is 54.9 cm³/mol. The van der Waals surface area contributed by atoms with Gasteiger partial charge in [0.25, 0.3) is 0 Å². The Morgan fingerprint density at radius 1 is 1.53 bits per heavy atom. The number of nitrogens with zero attached hydrogens (tertiary/aromatic N) is 1. The van der Waals surface area contributed by atoms with Gasteiger partial charge in [-0.15, -0.1) is 24.8 Å². The summed E-state index contributed by atoms with van der Waals surface area (Å²) in [6, 6.07) is 0. The molecule has 0 aliphatic heterocycles. The minimum absolute atomic E-state index is 0.0416. The lowest BCUT2D eigenvalue weighted by molar-refractivity contribution is -0.275. The molecule has 1 heterocycles. The van der Waals surface area contributed by atoms with Crippen LogP contribution in [0.1, 0.15) is 5.69 Å². The van der Waals surface area contributed by atoms with Crippen molar-refractivity contribution in [3.63, 3.8) is 0 Å². The molecule has 0 aliphatic rings. The van der Waals surface area contributed by atoms with E-state index in [0.717, 1.165) is 6.20 Å². The van der Waals surface area contributed by atoms with Gasteiger partial charge in [0, 0.05) is 0 Å². The fourth-order valence-electron chi connectivity index (χ4n) is 0.804. The van der Waals surface area contributed by atoms with Crippen LogP contribution in [0.3, 0.4) is 0 Å². The van der Waals surface area contributed by atoms with Gasteiger partial charge in [0.05, 0.1) is 21.3 Å². The van der Waals surface area contributed by atoms with Crippen LogP contribution in [-0.4, -0.2) is 16.5 Å². The smallest absolute Gasteiger partial charge is 0.503 e. The van der Waals surface area contributed by atoms with Gasteiger partial charge in [0.15, 0.2) is 11.5 Å². The molecule has 0 spiro atoms. The molecule has 1 rings (SSSR count). The first-order valence-corrected chi connectivity index (χ1v) is 5.14. The minimum Gasteiger partial charge on any atom is -0.503 e. The van der Waals surface area contributed by atoms with Crippen LogP contribution in [0.4, 0.5) is 13.2 Å². The molecule has 8 heteroatoms. The zero-order chi connectivity index (χ0) is 11.6. The summed E-state index contributed by atoms with van der Waals surface area (Å²) in [5, 5.41) is 9.14. The van der Waals surface area contributed by atoms with Crippen LogP contribution in [0, 0.1) is 3.57 Å². The second-order valence-corrected chi connectivity index (χ2v) is 3.76. The largest absolute Gasteiger partial charge is 0.573 e. The van der Waals surface area contributed by atoms with E-state index in [9.17, 15) is 13.2 Å². The third-order valence-corrected chi connectivity index (χ3v) is 2.74. The summed E-state index contributed by atoms with van der Waals surface area (Å²) in [7, 11) is 0. The first kappa shape index (κ1) is 12.6. The molecule has 0 unspecified atom stereocenters. The van der Waals surface area contributed by atoms with Crippen LogP contribution in [0.25, 0.3) is 0 Å². The molecular formula is C7H4ClF3INO2. The number of ether oxygens (including phenoxy) is 1. The number of rotatable bonds is 2. The topological polar surface area (TPSA) is 42.4 Å². The van der Waals surface area contributed by atoms with Crippen LogP contribution in [0.2, 0.25) is 0 Å². The molecule has 0 aliphatic carbocycles. The highest BCUT2D eigenvalue weighted by atomic mass is 127. The maximum absolute atomic E-state index is 11.9. The molecule has 1 N–H and O–H groups in total. The molecule has 0 aromatic carbocycles. The number of aromatic nitrogens is 1. The zero-order valence-corrected chi connectivity index (χ0v) is 9.89. The normalized spacial score (nSPS) is 11.5. The molecule has 0 amide bonds. The molecule has 0 saturated heterocycles. The maximum Gasteiger partial charge on any atom is 0.573 e. The van der Waals surface area contributed by atoms with Gasteiger partial charge < -0.3 is 9.84 Å². The van der Waals surface area contributed by atoms with E-state index in [1.807, 2.05) is 0 Å². The summed E-state index contributed by atoms with van der Waals surface area (Å²) in [5.74, 6) is -1.41. The van der Waals surface area contributed by atoms with Gasteiger partial charge in [-0.3, -0.25) is 4.98 Å². The van der Waals surface area contributed by atoms with Crippen LogP contribution in [-0.2, 0) is 5.88 Å². The Morgan fingerprint density at radius 2 is 2.13 bits per heavy atom. The Hall–Kier alpha value is -0.440. The molecule has 0 radical (unpaired) electrons. The van der Waals surface area contributed by atoms with E-state index in [1.165, 1.54) is 0 Å². The summed E-state index contributed by atoms with van der Waals surface area (Å²) < 4.78 is 39.5. The lowest BCUT2D eigenvalue weighted by Gasteiger charge is -2.12. The number of pyridine rings is 1. The van der Waals surface area contributed by atoms with Gasteiger partial charge in [-0.2, -0.15) is 0 Å². The van der Waals surface area contributed by atoms with Gasteiger partial charge in [-0.05, 0) is 22.6 Å². The third-order valence-electron chi connectivity index (χ3n) is 1.37. The average Bonchev–Trinajstić information content (AvgIpc) is 2.11. The van der Waals surface area contributed by atoms with E-state index in [4.69, 9.17) is 16.7 Å². The van der Waals surface area contributed by atoms with Gasteiger partial charge in [-0.1, -0.05) is 0 Å². The van der Waals surface area contributed by atoms with E-state index in [-0.39, 0.29) is 15.1 Å². The van der Waals surface area contributed by atoms with E-state index in [0.29, 0.717) is 0 Å². The summed E-state index contributed by atoms with van der Waals surface area (Å²) in [6.45, 7) is 0. The van der Waals surface area contributed by atoms with Crippen molar-refractivity contribution in [2.75, 3.05) is 0 Å². The fraction of sp³-hybridized carbons (Fsp3) is 0.286. The SMILES string of the molecule is Oc1cnc(CCl)c(I)c1OC(F)(F)F.